The largest absolute Gasteiger partial charge is 0.388 e. The molecule has 33 heavy (non-hydrogen) atoms. The standard InChI is InChI=1S/C24H45ClN2O5S/c1-5-6-7-8-9-10-16-11-12-17(27(3)14-13-16)23(31)26-18(15(2)25)22-20(29)19(28)21(30)24(32-22)33-4/h15-22,24,28-30H,5-14H2,1-4H3,(H,26,31)/t15-,16-,17-,18+,19?,20?,21+,22+,24?/m0/s1. The number of rotatable bonds is 11. The number of alkyl halides is 1. The maximum absolute atomic E-state index is 13.3. The van der Waals surface area contributed by atoms with Crippen molar-refractivity contribution in [2.24, 2.45) is 5.92 Å². The topological polar surface area (TPSA) is 102 Å². The molecule has 0 aromatic carbocycles. The zero-order valence-electron chi connectivity index (χ0n) is 20.7. The maximum atomic E-state index is 13.3. The van der Waals surface area contributed by atoms with Crippen LogP contribution in [0.4, 0.5) is 0 Å². The summed E-state index contributed by atoms with van der Waals surface area (Å²) in [5.41, 5.74) is -0.707. The predicted molar refractivity (Wildman–Crippen MR) is 135 cm³/mol. The lowest BCUT2D eigenvalue weighted by Crippen LogP contribution is -2.65. The van der Waals surface area contributed by atoms with Crippen molar-refractivity contribution in [3.05, 3.63) is 0 Å². The summed E-state index contributed by atoms with van der Waals surface area (Å²) in [5.74, 6) is 0.521. The highest BCUT2D eigenvalue weighted by Crippen LogP contribution is 2.31. The third kappa shape index (κ3) is 8.23. The van der Waals surface area contributed by atoms with Crippen LogP contribution >= 0.6 is 23.4 Å². The van der Waals surface area contributed by atoms with Crippen LogP contribution in [0, 0.1) is 5.92 Å². The van der Waals surface area contributed by atoms with Crippen molar-refractivity contribution >= 4 is 29.3 Å². The fraction of sp³-hybridized carbons (Fsp3) is 0.958. The van der Waals surface area contributed by atoms with Gasteiger partial charge >= 0.3 is 0 Å². The van der Waals surface area contributed by atoms with Crippen LogP contribution in [-0.2, 0) is 9.53 Å². The van der Waals surface area contributed by atoms with Gasteiger partial charge in [0.25, 0.3) is 0 Å². The molecule has 0 bridgehead atoms. The van der Waals surface area contributed by atoms with E-state index in [4.69, 9.17) is 16.3 Å². The van der Waals surface area contributed by atoms with Crippen LogP contribution in [-0.4, -0.2) is 93.3 Å². The van der Waals surface area contributed by atoms with Gasteiger partial charge in [0.05, 0.1) is 17.5 Å². The summed E-state index contributed by atoms with van der Waals surface area (Å²) in [5, 5.41) is 33.5. The molecule has 3 unspecified atom stereocenters. The van der Waals surface area contributed by atoms with E-state index in [0.717, 1.165) is 25.8 Å². The summed E-state index contributed by atoms with van der Waals surface area (Å²) in [6.45, 7) is 4.84. The first kappa shape index (κ1) is 29.1. The van der Waals surface area contributed by atoms with E-state index in [1.165, 1.54) is 50.3 Å². The Hall–Kier alpha value is -0.0900. The van der Waals surface area contributed by atoms with Crippen molar-refractivity contribution < 1.29 is 24.9 Å². The Kier molecular flexibility index (Phi) is 12.8. The molecule has 9 heteroatoms. The number of halogens is 1. The molecular weight excluding hydrogens is 464 g/mol. The molecule has 2 saturated heterocycles. The highest BCUT2D eigenvalue weighted by molar-refractivity contribution is 7.99. The molecule has 7 nitrogen and oxygen atoms in total. The molecule has 1 amide bonds. The van der Waals surface area contributed by atoms with Crippen LogP contribution < -0.4 is 5.32 Å². The Morgan fingerprint density at radius 3 is 2.45 bits per heavy atom. The minimum absolute atomic E-state index is 0.129. The van der Waals surface area contributed by atoms with Crippen molar-refractivity contribution in [2.75, 3.05) is 19.8 Å². The van der Waals surface area contributed by atoms with E-state index in [-0.39, 0.29) is 11.9 Å². The molecule has 0 aromatic rings. The van der Waals surface area contributed by atoms with Gasteiger partial charge in [0.1, 0.15) is 29.9 Å². The second-order valence-corrected chi connectivity index (χ2v) is 11.4. The van der Waals surface area contributed by atoms with E-state index in [1.807, 2.05) is 7.05 Å². The average Bonchev–Trinajstić information content (AvgIpc) is 2.97. The molecule has 0 saturated carbocycles. The smallest absolute Gasteiger partial charge is 0.237 e. The Labute approximate surface area is 209 Å². The Morgan fingerprint density at radius 2 is 1.82 bits per heavy atom. The first-order valence-corrected chi connectivity index (χ1v) is 14.3. The third-order valence-electron chi connectivity index (χ3n) is 7.29. The first-order chi connectivity index (χ1) is 15.7. The highest BCUT2D eigenvalue weighted by atomic mass is 35.5. The van der Waals surface area contributed by atoms with Crippen LogP contribution in [0.1, 0.15) is 71.6 Å². The van der Waals surface area contributed by atoms with Gasteiger partial charge < -0.3 is 25.4 Å². The van der Waals surface area contributed by atoms with Crippen molar-refractivity contribution in [1.29, 1.82) is 0 Å². The summed E-state index contributed by atoms with van der Waals surface area (Å²) in [4.78, 5) is 15.4. The lowest BCUT2D eigenvalue weighted by Gasteiger charge is -2.44. The van der Waals surface area contributed by atoms with Crippen molar-refractivity contribution in [3.63, 3.8) is 0 Å². The summed E-state index contributed by atoms with van der Waals surface area (Å²) in [6, 6.07) is -0.961. The molecule has 2 fully saturated rings. The number of likely N-dealkylation sites (N-methyl/N-ethyl adjacent to an activating group) is 1. The van der Waals surface area contributed by atoms with Crippen molar-refractivity contribution in [3.8, 4) is 0 Å². The number of hydrogen-bond acceptors (Lipinski definition) is 7. The van der Waals surface area contributed by atoms with Gasteiger partial charge in [-0.3, -0.25) is 9.69 Å². The second kappa shape index (κ2) is 14.5. The van der Waals surface area contributed by atoms with Gasteiger partial charge in [0, 0.05) is 0 Å². The molecular formula is C24H45ClN2O5S. The zero-order valence-corrected chi connectivity index (χ0v) is 22.2. The number of aliphatic hydroxyl groups is 3. The van der Waals surface area contributed by atoms with E-state index in [9.17, 15) is 20.1 Å². The quantitative estimate of drug-likeness (QED) is 0.251. The number of thioether (sulfide) groups is 1. The van der Waals surface area contributed by atoms with Crippen LogP contribution in [0.25, 0.3) is 0 Å². The number of unbranched alkanes of at least 4 members (excludes halogenated alkanes) is 4. The molecule has 0 spiro atoms. The van der Waals surface area contributed by atoms with Crippen LogP contribution in [0.2, 0.25) is 0 Å². The highest BCUT2D eigenvalue weighted by Gasteiger charge is 2.48. The van der Waals surface area contributed by atoms with E-state index in [1.54, 1.807) is 13.2 Å². The molecule has 0 aromatic heterocycles. The molecule has 2 heterocycles. The molecule has 2 rings (SSSR count). The number of ether oxygens (including phenoxy) is 1. The van der Waals surface area contributed by atoms with Gasteiger partial charge in [-0.2, -0.15) is 0 Å². The summed E-state index contributed by atoms with van der Waals surface area (Å²) in [6.07, 6.45) is 7.50. The number of aliphatic hydroxyl groups excluding tert-OH is 3. The van der Waals surface area contributed by atoms with E-state index >= 15 is 0 Å². The van der Waals surface area contributed by atoms with Gasteiger partial charge in [0.2, 0.25) is 5.91 Å². The number of carbonyl (C=O) groups is 1. The monoisotopic (exact) mass is 508 g/mol. The number of hydrogen-bond donors (Lipinski definition) is 4. The number of nitrogens with zero attached hydrogens (tertiary/aromatic N) is 1. The van der Waals surface area contributed by atoms with E-state index in [0.29, 0.717) is 5.92 Å². The summed E-state index contributed by atoms with van der Waals surface area (Å²) < 4.78 is 5.87. The van der Waals surface area contributed by atoms with Gasteiger partial charge in [0.15, 0.2) is 0 Å². The average molecular weight is 509 g/mol. The lowest BCUT2D eigenvalue weighted by atomic mass is 9.92. The third-order valence-corrected chi connectivity index (χ3v) is 8.41. The molecule has 0 radical (unpaired) electrons. The van der Waals surface area contributed by atoms with Crippen LogP contribution in [0.3, 0.4) is 0 Å². The van der Waals surface area contributed by atoms with Gasteiger partial charge in [-0.15, -0.1) is 23.4 Å². The summed E-state index contributed by atoms with van der Waals surface area (Å²) >= 11 is 7.66. The molecule has 194 valence electrons. The van der Waals surface area contributed by atoms with Gasteiger partial charge in [-0.05, 0) is 52.0 Å². The second-order valence-electron chi connectivity index (χ2n) is 9.82. The SMILES string of the molecule is CCCCCCC[C@H]1CC[C@@H](C(=O)N[C@H]([C@H](C)Cl)[C@H]2OC(SC)[C@H](O)C(O)C2O)N(C)CC1. The lowest BCUT2D eigenvalue weighted by molar-refractivity contribution is -0.205. The normalized spacial score (nSPS) is 35.6. The number of likely N-dealkylation sites (tertiary alicyclic amines) is 1. The minimum atomic E-state index is -1.37. The fourth-order valence-corrected chi connectivity index (χ4v) is 5.93. The number of amides is 1. The van der Waals surface area contributed by atoms with E-state index in [2.05, 4.69) is 17.1 Å². The molecule has 4 N–H and O–H groups in total. The minimum Gasteiger partial charge on any atom is -0.388 e. The Morgan fingerprint density at radius 1 is 1.12 bits per heavy atom. The van der Waals surface area contributed by atoms with E-state index < -0.39 is 41.3 Å². The maximum Gasteiger partial charge on any atom is 0.237 e. The molecule has 0 aliphatic carbocycles. The van der Waals surface area contributed by atoms with Crippen molar-refractivity contribution in [1.82, 2.24) is 10.2 Å². The number of nitrogens with one attached hydrogen (secondary N) is 1. The van der Waals surface area contributed by atoms with Crippen molar-refractivity contribution in [2.45, 2.75) is 119 Å². The molecule has 9 atom stereocenters. The summed E-state index contributed by atoms with van der Waals surface area (Å²) in [7, 11) is 1.99. The Balaban J connectivity index is 1.97. The van der Waals surface area contributed by atoms with Gasteiger partial charge in [-0.1, -0.05) is 45.4 Å². The zero-order chi connectivity index (χ0) is 24.5. The van der Waals surface area contributed by atoms with Crippen LogP contribution in [0.15, 0.2) is 0 Å². The first-order valence-electron chi connectivity index (χ1n) is 12.6. The predicted octanol–water partition coefficient (Wildman–Crippen LogP) is 2.73. The van der Waals surface area contributed by atoms with Gasteiger partial charge in [-0.25, -0.2) is 0 Å². The fourth-order valence-electron chi connectivity index (χ4n) is 5.04. The molecule has 2 aliphatic rings. The number of carbonyl (C=O) groups excluding carboxylic acids is 1. The van der Waals surface area contributed by atoms with Crippen LogP contribution in [0.5, 0.6) is 0 Å². The molecule has 2 aliphatic heterocycles. The Bertz CT molecular complexity index is 585.